The van der Waals surface area contributed by atoms with Crippen molar-refractivity contribution < 1.29 is 70.3 Å². The smallest absolute Gasteiger partial charge is 1.00 e. The van der Waals surface area contributed by atoms with Crippen molar-refractivity contribution >= 4 is 115 Å². The second-order valence-corrected chi connectivity index (χ2v) is 1.34. The van der Waals surface area contributed by atoms with E-state index in [2.05, 4.69) is 0 Å². The Hall–Kier alpha value is 4.70. The molecule has 0 rings (SSSR count). The van der Waals surface area contributed by atoms with Gasteiger partial charge in [0.15, 0.2) is 104 Å². The Morgan fingerprint density at radius 3 is 0.750 bits per heavy atom. The SMILES string of the molecule is O=S(=O)(O)O.[AlH3].[AlH3].[AlH3].[AlH3].[AlH3].[AlH3].[H-].[K+]. The molecular formula is H21Al6KO4S. The number of rotatable bonds is 0. The summed E-state index contributed by atoms with van der Waals surface area (Å²) in [6.45, 7) is 0. The zero-order valence-corrected chi connectivity index (χ0v) is 7.06. The van der Waals surface area contributed by atoms with Crippen molar-refractivity contribution in [3.8, 4) is 0 Å². The topological polar surface area (TPSA) is 74.6 Å². The molecule has 0 aromatic carbocycles. The molecule has 12 heavy (non-hydrogen) atoms. The molecule has 0 aliphatic heterocycles. The Balaban J connectivity index is -0.00000000286. The molecule has 0 aliphatic carbocycles. The average Bonchev–Trinajstić information content (AvgIpc) is 0.722. The van der Waals surface area contributed by atoms with E-state index >= 15 is 0 Å². The maximum absolute atomic E-state index is 8.74. The van der Waals surface area contributed by atoms with Crippen LogP contribution in [0.25, 0.3) is 0 Å². The molecule has 0 saturated carbocycles. The fourth-order valence-corrected chi connectivity index (χ4v) is 0. The summed E-state index contributed by atoms with van der Waals surface area (Å²) in [5, 5.41) is 0. The van der Waals surface area contributed by atoms with Gasteiger partial charge in [0.25, 0.3) is 0 Å². The van der Waals surface area contributed by atoms with Crippen molar-refractivity contribution in [1.29, 1.82) is 0 Å². The maximum Gasteiger partial charge on any atom is 1.00 e. The van der Waals surface area contributed by atoms with Crippen molar-refractivity contribution in [1.82, 2.24) is 0 Å². The van der Waals surface area contributed by atoms with E-state index in [1.165, 1.54) is 0 Å². The molecule has 0 spiro atoms. The van der Waals surface area contributed by atoms with Gasteiger partial charge in [-0.05, 0) is 0 Å². The van der Waals surface area contributed by atoms with Gasteiger partial charge in [-0.3, -0.25) is 9.11 Å². The Kier molecular flexibility index (Phi) is 134. The summed E-state index contributed by atoms with van der Waals surface area (Å²) in [4.78, 5) is 0. The van der Waals surface area contributed by atoms with Crippen LogP contribution in [0.4, 0.5) is 0 Å². The van der Waals surface area contributed by atoms with E-state index in [1.807, 2.05) is 0 Å². The largest absolute Gasteiger partial charge is 1.00 e. The first-order chi connectivity index (χ1) is 2.00. The van der Waals surface area contributed by atoms with E-state index < -0.39 is 10.4 Å². The Morgan fingerprint density at radius 1 is 0.750 bits per heavy atom. The quantitative estimate of drug-likeness (QED) is 0.344. The molecule has 0 saturated heterocycles. The summed E-state index contributed by atoms with van der Waals surface area (Å²) in [5.41, 5.74) is 0. The summed E-state index contributed by atoms with van der Waals surface area (Å²) in [6.07, 6.45) is 0. The minimum atomic E-state index is -4.67. The van der Waals surface area contributed by atoms with Crippen molar-refractivity contribution in [2.45, 2.75) is 0 Å². The minimum absolute atomic E-state index is 0. The molecular weight excluding hydrogens is 297 g/mol. The van der Waals surface area contributed by atoms with Gasteiger partial charge in [0.2, 0.25) is 0 Å². The third-order valence-corrected chi connectivity index (χ3v) is 0. The normalized spacial score (nSPS) is 4.83. The van der Waals surface area contributed by atoms with Gasteiger partial charge >= 0.3 is 61.8 Å². The standard InChI is InChI=1S/6Al.K.H2O4S.19H/c;;;;;;;1-5(2,3)4;;;;;;;;;;;;;;;;;;;/h;;;;;;;(H2,1,2,3,4);;;;;;;;;;;;;;;;;;;/q;;;;;;+1;;;;;;;;;;;;;;;;;;;;-1. The monoisotopic (exact) mass is 318 g/mol. The Bertz CT molecular complexity index is 108. The Labute approximate surface area is 181 Å². The van der Waals surface area contributed by atoms with E-state index in [9.17, 15) is 0 Å². The van der Waals surface area contributed by atoms with E-state index in [4.69, 9.17) is 17.5 Å². The molecule has 70 valence electrons. The van der Waals surface area contributed by atoms with Gasteiger partial charge in [-0.25, -0.2) is 0 Å². The molecule has 12 heteroatoms. The molecule has 0 fully saturated rings. The molecule has 2 N–H and O–H groups in total. The predicted octanol–water partition coefficient (Wildman–Crippen LogP) is -10.6. The van der Waals surface area contributed by atoms with Gasteiger partial charge in [-0.2, -0.15) is 8.42 Å². The van der Waals surface area contributed by atoms with Crippen LogP contribution in [0, 0.1) is 0 Å². The van der Waals surface area contributed by atoms with Gasteiger partial charge in [0.1, 0.15) is 0 Å². The van der Waals surface area contributed by atoms with E-state index in [0.717, 1.165) is 0 Å². The summed E-state index contributed by atoms with van der Waals surface area (Å²) < 4.78 is 31.6. The van der Waals surface area contributed by atoms with Crippen LogP contribution in [-0.4, -0.2) is 122 Å². The van der Waals surface area contributed by atoms with E-state index in [0.29, 0.717) is 0 Å². The van der Waals surface area contributed by atoms with Gasteiger partial charge < -0.3 is 1.43 Å². The van der Waals surface area contributed by atoms with Crippen LogP contribution in [0.3, 0.4) is 0 Å². The second kappa shape index (κ2) is 29.6. The van der Waals surface area contributed by atoms with Crippen molar-refractivity contribution in [2.24, 2.45) is 0 Å². The summed E-state index contributed by atoms with van der Waals surface area (Å²) in [6, 6.07) is 0. The van der Waals surface area contributed by atoms with Crippen LogP contribution in [-0.2, 0) is 10.4 Å². The first kappa shape index (κ1) is 54.4. The first-order valence-electron chi connectivity index (χ1n) is 0.698. The minimum Gasteiger partial charge on any atom is -1.00 e. The molecule has 0 heterocycles. The zero-order valence-electron chi connectivity index (χ0n) is 4.12. The van der Waals surface area contributed by atoms with Crippen LogP contribution in [0.1, 0.15) is 1.43 Å². The molecule has 0 aromatic rings. The summed E-state index contributed by atoms with van der Waals surface area (Å²) in [7, 11) is -4.67. The fraction of sp³-hybridized carbons (Fsp3) is 0. The predicted molar refractivity (Wildman–Crippen MR) is 74.9 cm³/mol. The van der Waals surface area contributed by atoms with Gasteiger partial charge in [-0.1, -0.05) is 0 Å². The van der Waals surface area contributed by atoms with Crippen LogP contribution in [0.2, 0.25) is 0 Å². The van der Waals surface area contributed by atoms with Gasteiger partial charge in [0.05, 0.1) is 0 Å². The van der Waals surface area contributed by atoms with Gasteiger partial charge in [-0.15, -0.1) is 0 Å². The first-order valence-corrected chi connectivity index (χ1v) is 2.10. The third-order valence-electron chi connectivity index (χ3n) is 0. The van der Waals surface area contributed by atoms with Crippen LogP contribution in [0.5, 0.6) is 0 Å². The zero-order chi connectivity index (χ0) is 4.50. The van der Waals surface area contributed by atoms with Crippen LogP contribution >= 0.6 is 0 Å². The van der Waals surface area contributed by atoms with Gasteiger partial charge in [0, 0.05) is 0 Å². The maximum atomic E-state index is 8.74. The van der Waals surface area contributed by atoms with Crippen LogP contribution in [0.15, 0.2) is 0 Å². The molecule has 4 nitrogen and oxygen atoms in total. The molecule has 0 aliphatic rings. The third kappa shape index (κ3) is 125. The van der Waals surface area contributed by atoms with Crippen LogP contribution < -0.4 is 51.4 Å². The van der Waals surface area contributed by atoms with Crippen molar-refractivity contribution in [3.05, 3.63) is 0 Å². The van der Waals surface area contributed by atoms with E-state index in [-0.39, 0.29) is 157 Å². The number of hydrogen-bond donors (Lipinski definition) is 2. The molecule has 0 unspecified atom stereocenters. The number of hydrogen-bond acceptors (Lipinski definition) is 2. The Morgan fingerprint density at radius 2 is 0.750 bits per heavy atom. The summed E-state index contributed by atoms with van der Waals surface area (Å²) >= 11 is 0. The average molecular weight is 318 g/mol. The van der Waals surface area contributed by atoms with Crippen molar-refractivity contribution in [3.63, 3.8) is 0 Å². The van der Waals surface area contributed by atoms with E-state index in [1.54, 1.807) is 0 Å². The molecule has 0 bridgehead atoms. The molecule has 0 atom stereocenters. The van der Waals surface area contributed by atoms with Crippen molar-refractivity contribution in [2.75, 3.05) is 0 Å². The fourth-order valence-electron chi connectivity index (χ4n) is 0. The summed E-state index contributed by atoms with van der Waals surface area (Å²) in [5.74, 6) is 0. The molecule has 0 amide bonds. The molecule has 0 radical (unpaired) electrons. The molecule has 0 aromatic heterocycles. The second-order valence-electron chi connectivity index (χ2n) is 0.448.